The van der Waals surface area contributed by atoms with Gasteiger partial charge < -0.3 is 5.32 Å². The molecule has 20 heavy (non-hydrogen) atoms. The van der Waals surface area contributed by atoms with Crippen LogP contribution in [0.5, 0.6) is 0 Å². The van der Waals surface area contributed by atoms with Crippen molar-refractivity contribution in [2.75, 3.05) is 26.2 Å². The molecule has 1 N–H and O–H groups in total. The molecule has 1 heterocycles. The van der Waals surface area contributed by atoms with E-state index in [0.717, 1.165) is 25.1 Å². The summed E-state index contributed by atoms with van der Waals surface area (Å²) in [4.78, 5) is 12.7. The summed E-state index contributed by atoms with van der Waals surface area (Å²) in [6.45, 7) is 6.64. The van der Waals surface area contributed by atoms with Crippen LogP contribution in [0.2, 0.25) is 0 Å². The van der Waals surface area contributed by atoms with Gasteiger partial charge in [0.05, 0.1) is 4.92 Å². The molecule has 1 unspecified atom stereocenters. The van der Waals surface area contributed by atoms with Crippen LogP contribution in [-0.4, -0.2) is 42.0 Å². The van der Waals surface area contributed by atoms with Gasteiger partial charge in [0, 0.05) is 24.7 Å². The van der Waals surface area contributed by atoms with Crippen LogP contribution in [0.3, 0.4) is 0 Å². The van der Waals surface area contributed by atoms with Crippen LogP contribution in [0, 0.1) is 10.1 Å². The highest BCUT2D eigenvalue weighted by Gasteiger charge is 2.17. The number of nitro benzene ring substituents is 1. The van der Waals surface area contributed by atoms with E-state index in [0.29, 0.717) is 6.04 Å². The Labute approximate surface area is 120 Å². The molecule has 2 rings (SSSR count). The minimum atomic E-state index is -0.361. The van der Waals surface area contributed by atoms with Gasteiger partial charge in [-0.1, -0.05) is 12.1 Å². The fourth-order valence-corrected chi connectivity index (χ4v) is 2.64. The summed E-state index contributed by atoms with van der Waals surface area (Å²) in [6.07, 6.45) is 3.56. The Kier molecular flexibility index (Phi) is 5.49. The molecule has 1 aliphatic rings. The first-order valence-corrected chi connectivity index (χ1v) is 7.35. The van der Waals surface area contributed by atoms with Crippen LogP contribution in [0.25, 0.3) is 0 Å². The summed E-state index contributed by atoms with van der Waals surface area (Å²) in [5, 5.41) is 14.0. The summed E-state index contributed by atoms with van der Waals surface area (Å²) >= 11 is 0. The third-order valence-electron chi connectivity index (χ3n) is 3.94. The molecule has 1 atom stereocenters. The van der Waals surface area contributed by atoms with Crippen molar-refractivity contribution in [3.05, 3.63) is 39.9 Å². The van der Waals surface area contributed by atoms with Crippen LogP contribution in [0.4, 0.5) is 5.69 Å². The second kappa shape index (κ2) is 7.36. The lowest BCUT2D eigenvalue weighted by Crippen LogP contribution is -2.39. The van der Waals surface area contributed by atoms with Gasteiger partial charge >= 0.3 is 0 Å². The van der Waals surface area contributed by atoms with E-state index < -0.39 is 0 Å². The average Bonchev–Trinajstić information content (AvgIpc) is 2.98. The molecule has 1 aromatic carbocycles. The van der Waals surface area contributed by atoms with Crippen LogP contribution in [0.15, 0.2) is 24.3 Å². The fourth-order valence-electron chi connectivity index (χ4n) is 2.64. The highest BCUT2D eigenvalue weighted by molar-refractivity contribution is 5.32. The molecule has 0 aromatic heterocycles. The summed E-state index contributed by atoms with van der Waals surface area (Å²) in [7, 11) is 0. The zero-order valence-electron chi connectivity index (χ0n) is 12.0. The van der Waals surface area contributed by atoms with Crippen LogP contribution < -0.4 is 5.32 Å². The van der Waals surface area contributed by atoms with E-state index >= 15 is 0 Å². The van der Waals surface area contributed by atoms with Gasteiger partial charge in [-0.2, -0.15) is 0 Å². The van der Waals surface area contributed by atoms with Crippen molar-refractivity contribution in [2.24, 2.45) is 0 Å². The second-order valence-corrected chi connectivity index (χ2v) is 5.47. The van der Waals surface area contributed by atoms with Gasteiger partial charge in [-0.05, 0) is 51.4 Å². The molecule has 0 radical (unpaired) electrons. The molecule has 0 amide bonds. The summed E-state index contributed by atoms with van der Waals surface area (Å²) < 4.78 is 0. The summed E-state index contributed by atoms with van der Waals surface area (Å²) in [6, 6.07) is 7.41. The zero-order chi connectivity index (χ0) is 14.4. The first-order valence-electron chi connectivity index (χ1n) is 7.35. The number of nitrogens with zero attached hydrogens (tertiary/aromatic N) is 2. The molecule has 5 nitrogen and oxygen atoms in total. The van der Waals surface area contributed by atoms with Gasteiger partial charge in [0.1, 0.15) is 0 Å². The Hall–Kier alpha value is -1.46. The van der Waals surface area contributed by atoms with Gasteiger partial charge in [0.2, 0.25) is 0 Å². The van der Waals surface area contributed by atoms with Crippen molar-refractivity contribution in [3.63, 3.8) is 0 Å². The largest absolute Gasteiger partial charge is 0.315 e. The van der Waals surface area contributed by atoms with Gasteiger partial charge in [-0.3, -0.25) is 15.0 Å². The predicted molar refractivity (Wildman–Crippen MR) is 79.9 cm³/mol. The molecule has 110 valence electrons. The molecule has 5 heteroatoms. The Morgan fingerprint density at radius 1 is 1.30 bits per heavy atom. The van der Waals surface area contributed by atoms with E-state index in [9.17, 15) is 10.1 Å². The molecule has 0 saturated carbocycles. The SMILES string of the molecule is CC(CNCCc1ccc([N+](=O)[O-])cc1)N1CCCC1. The van der Waals surface area contributed by atoms with Crippen molar-refractivity contribution in [2.45, 2.75) is 32.2 Å². The maximum absolute atomic E-state index is 10.6. The molecular formula is C15H23N3O2. The third-order valence-corrected chi connectivity index (χ3v) is 3.94. The number of likely N-dealkylation sites (tertiary alicyclic amines) is 1. The first kappa shape index (κ1) is 14.9. The Morgan fingerprint density at radius 2 is 1.95 bits per heavy atom. The van der Waals surface area contributed by atoms with Crippen molar-refractivity contribution >= 4 is 5.69 Å². The lowest BCUT2D eigenvalue weighted by Gasteiger charge is -2.23. The first-order chi connectivity index (χ1) is 9.66. The van der Waals surface area contributed by atoms with Gasteiger partial charge in [0.15, 0.2) is 0 Å². The highest BCUT2D eigenvalue weighted by Crippen LogP contribution is 2.12. The van der Waals surface area contributed by atoms with Crippen molar-refractivity contribution in [1.82, 2.24) is 10.2 Å². The molecule has 0 spiro atoms. The molecular weight excluding hydrogens is 254 g/mol. The minimum Gasteiger partial charge on any atom is -0.315 e. The Morgan fingerprint density at radius 3 is 2.55 bits per heavy atom. The molecule has 1 aliphatic heterocycles. The van der Waals surface area contributed by atoms with Crippen LogP contribution in [0.1, 0.15) is 25.3 Å². The zero-order valence-corrected chi connectivity index (χ0v) is 12.0. The van der Waals surface area contributed by atoms with Gasteiger partial charge in [0.25, 0.3) is 5.69 Å². The van der Waals surface area contributed by atoms with Crippen LogP contribution >= 0.6 is 0 Å². The molecule has 1 aromatic rings. The standard InChI is InChI=1S/C15H23N3O2/c1-13(17-10-2-3-11-17)12-16-9-8-14-4-6-15(7-5-14)18(19)20/h4-7,13,16H,2-3,8-12H2,1H3. The number of rotatable bonds is 7. The fraction of sp³-hybridized carbons (Fsp3) is 0.600. The van der Waals surface area contributed by atoms with E-state index in [2.05, 4.69) is 17.1 Å². The number of nitrogens with one attached hydrogen (secondary N) is 1. The van der Waals surface area contributed by atoms with E-state index in [1.54, 1.807) is 12.1 Å². The van der Waals surface area contributed by atoms with E-state index in [1.807, 2.05) is 12.1 Å². The molecule has 1 fully saturated rings. The molecule has 0 bridgehead atoms. The van der Waals surface area contributed by atoms with E-state index in [-0.39, 0.29) is 10.6 Å². The topological polar surface area (TPSA) is 58.4 Å². The van der Waals surface area contributed by atoms with E-state index in [4.69, 9.17) is 0 Å². The average molecular weight is 277 g/mol. The van der Waals surface area contributed by atoms with Crippen molar-refractivity contribution in [1.29, 1.82) is 0 Å². The number of nitro groups is 1. The monoisotopic (exact) mass is 277 g/mol. The van der Waals surface area contributed by atoms with Crippen LogP contribution in [-0.2, 0) is 6.42 Å². The van der Waals surface area contributed by atoms with Gasteiger partial charge in [-0.15, -0.1) is 0 Å². The smallest absolute Gasteiger partial charge is 0.269 e. The maximum atomic E-state index is 10.6. The maximum Gasteiger partial charge on any atom is 0.269 e. The third kappa shape index (κ3) is 4.28. The lowest BCUT2D eigenvalue weighted by molar-refractivity contribution is -0.384. The molecule has 0 aliphatic carbocycles. The van der Waals surface area contributed by atoms with Gasteiger partial charge in [-0.25, -0.2) is 0 Å². The quantitative estimate of drug-likeness (QED) is 0.471. The number of non-ortho nitro benzene ring substituents is 1. The van der Waals surface area contributed by atoms with E-state index in [1.165, 1.54) is 25.9 Å². The summed E-state index contributed by atoms with van der Waals surface area (Å²) in [5.74, 6) is 0. The summed E-state index contributed by atoms with van der Waals surface area (Å²) in [5.41, 5.74) is 1.29. The minimum absolute atomic E-state index is 0.157. The Bertz CT molecular complexity index is 427. The number of hydrogen-bond acceptors (Lipinski definition) is 4. The van der Waals surface area contributed by atoms with Crippen molar-refractivity contribution in [3.8, 4) is 0 Å². The highest BCUT2D eigenvalue weighted by atomic mass is 16.6. The normalized spacial score (nSPS) is 17.2. The number of benzene rings is 1. The van der Waals surface area contributed by atoms with Crippen molar-refractivity contribution < 1.29 is 4.92 Å². The second-order valence-electron chi connectivity index (χ2n) is 5.47. The predicted octanol–water partition coefficient (Wildman–Crippen LogP) is 2.21. The Balaban J connectivity index is 1.66. The lowest BCUT2D eigenvalue weighted by atomic mass is 10.1. The molecule has 1 saturated heterocycles. The number of hydrogen-bond donors (Lipinski definition) is 1.